The van der Waals surface area contributed by atoms with Crippen LogP contribution in [0.5, 0.6) is 0 Å². The maximum Gasteiger partial charge on any atom is 0.241 e. The van der Waals surface area contributed by atoms with Crippen LogP contribution in [0.2, 0.25) is 0 Å². The number of nitrogens with one attached hydrogen (secondary N) is 2. The van der Waals surface area contributed by atoms with E-state index in [0.717, 1.165) is 11.3 Å². The van der Waals surface area contributed by atoms with Crippen LogP contribution in [0, 0.1) is 11.3 Å². The summed E-state index contributed by atoms with van der Waals surface area (Å²) in [5, 5.41) is 11.8. The first-order chi connectivity index (χ1) is 11.5. The van der Waals surface area contributed by atoms with E-state index < -0.39 is 10.0 Å². The lowest BCUT2D eigenvalue weighted by Gasteiger charge is -2.11. The van der Waals surface area contributed by atoms with Gasteiger partial charge in [-0.2, -0.15) is 5.26 Å². The number of rotatable bonds is 5. The van der Waals surface area contributed by atoms with E-state index in [4.69, 9.17) is 5.26 Å². The molecule has 3 rings (SSSR count). The van der Waals surface area contributed by atoms with Gasteiger partial charge < -0.3 is 5.32 Å². The monoisotopic (exact) mass is 341 g/mol. The van der Waals surface area contributed by atoms with Crippen LogP contribution in [0.3, 0.4) is 0 Å². The normalized spacial score (nSPS) is 16.3. The summed E-state index contributed by atoms with van der Waals surface area (Å²) in [6.07, 6.45) is 0.344. The molecule has 6 nitrogen and oxygen atoms in total. The van der Waals surface area contributed by atoms with E-state index in [2.05, 4.69) is 10.0 Å². The third-order valence-electron chi connectivity index (χ3n) is 3.93. The lowest BCUT2D eigenvalue weighted by Crippen LogP contribution is -2.27. The lowest BCUT2D eigenvalue weighted by molar-refractivity contribution is -0.117. The summed E-state index contributed by atoms with van der Waals surface area (Å²) in [7, 11) is -3.79. The zero-order valence-electron chi connectivity index (χ0n) is 12.7. The van der Waals surface area contributed by atoms with Crippen molar-refractivity contribution in [2.75, 3.05) is 11.9 Å². The van der Waals surface area contributed by atoms with Crippen molar-refractivity contribution in [1.29, 1.82) is 5.26 Å². The van der Waals surface area contributed by atoms with Crippen molar-refractivity contribution >= 4 is 21.6 Å². The molecule has 1 atom stereocenters. The molecule has 2 aromatic rings. The Kier molecular flexibility index (Phi) is 4.34. The van der Waals surface area contributed by atoms with Crippen LogP contribution in [0.4, 0.5) is 5.69 Å². The average molecular weight is 341 g/mol. The molecule has 2 N–H and O–H groups in total. The molecule has 1 heterocycles. The molecule has 0 saturated carbocycles. The van der Waals surface area contributed by atoms with E-state index in [1.807, 2.05) is 30.3 Å². The zero-order valence-corrected chi connectivity index (χ0v) is 13.5. The molecule has 0 fully saturated rings. The fraction of sp³-hybridized carbons (Fsp3) is 0.176. The number of nitriles is 1. The minimum Gasteiger partial charge on any atom is -0.325 e. The number of sulfonamides is 1. The Labute approximate surface area is 140 Å². The first-order valence-electron chi connectivity index (χ1n) is 7.41. The average Bonchev–Trinajstić information content (AvgIpc) is 2.90. The molecule has 0 aromatic heterocycles. The summed E-state index contributed by atoms with van der Waals surface area (Å²) in [6, 6.07) is 15.2. The topological polar surface area (TPSA) is 99.1 Å². The first kappa shape index (κ1) is 16.2. The molecule has 2 aromatic carbocycles. The Hall–Kier alpha value is -2.69. The molecule has 0 spiro atoms. The molecule has 7 heteroatoms. The molecule has 0 bridgehead atoms. The highest BCUT2D eigenvalue weighted by atomic mass is 32.2. The largest absolute Gasteiger partial charge is 0.325 e. The van der Waals surface area contributed by atoms with Crippen molar-refractivity contribution in [2.24, 2.45) is 0 Å². The maximum atomic E-state index is 12.3. The van der Waals surface area contributed by atoms with Crippen molar-refractivity contribution in [3.05, 3.63) is 59.7 Å². The van der Waals surface area contributed by atoms with Crippen molar-refractivity contribution in [2.45, 2.75) is 17.2 Å². The van der Waals surface area contributed by atoms with Crippen LogP contribution in [0.15, 0.2) is 53.4 Å². The molecule has 122 valence electrons. The molecular formula is C17H15N3O3S. The van der Waals surface area contributed by atoms with Crippen molar-refractivity contribution in [3.63, 3.8) is 0 Å². The second-order valence-corrected chi connectivity index (χ2v) is 7.16. The predicted octanol–water partition coefficient (Wildman–Crippen LogP) is 1.96. The Morgan fingerprint density at radius 3 is 2.62 bits per heavy atom. The fourth-order valence-corrected chi connectivity index (χ4v) is 3.97. The van der Waals surface area contributed by atoms with Gasteiger partial charge in [0.25, 0.3) is 0 Å². The number of fused-ring (bicyclic) bond motifs is 1. The molecular weight excluding hydrogens is 326 g/mol. The molecule has 24 heavy (non-hydrogen) atoms. The highest BCUT2D eigenvalue weighted by Gasteiger charge is 2.30. The van der Waals surface area contributed by atoms with Gasteiger partial charge in [0.1, 0.15) is 6.07 Å². The van der Waals surface area contributed by atoms with Gasteiger partial charge in [0.2, 0.25) is 15.9 Å². The Morgan fingerprint density at radius 2 is 1.83 bits per heavy atom. The minimum atomic E-state index is -3.79. The molecule has 0 aliphatic carbocycles. The first-order valence-corrected chi connectivity index (χ1v) is 8.90. The fourth-order valence-electron chi connectivity index (χ4n) is 2.77. The van der Waals surface area contributed by atoms with Gasteiger partial charge in [0.15, 0.2) is 0 Å². The molecule has 1 aliphatic rings. The van der Waals surface area contributed by atoms with Crippen LogP contribution in [-0.2, 0) is 14.8 Å². The van der Waals surface area contributed by atoms with Crippen LogP contribution in [0.25, 0.3) is 0 Å². The summed E-state index contributed by atoms with van der Waals surface area (Å²) >= 11 is 0. The van der Waals surface area contributed by atoms with E-state index in [9.17, 15) is 13.2 Å². The van der Waals surface area contributed by atoms with Crippen LogP contribution in [-0.4, -0.2) is 20.9 Å². The summed E-state index contributed by atoms with van der Waals surface area (Å²) in [4.78, 5) is 12.0. The van der Waals surface area contributed by atoms with Crippen LogP contribution in [0.1, 0.15) is 23.5 Å². The second kappa shape index (κ2) is 6.43. The summed E-state index contributed by atoms with van der Waals surface area (Å²) < 4.78 is 27.2. The van der Waals surface area contributed by atoms with E-state index in [0.29, 0.717) is 6.42 Å². The number of para-hydroxylation sites is 1. The number of anilines is 1. The van der Waals surface area contributed by atoms with E-state index in [-0.39, 0.29) is 28.8 Å². The van der Waals surface area contributed by atoms with E-state index >= 15 is 0 Å². The second-order valence-electron chi connectivity index (χ2n) is 5.42. The number of carbonyl (C=O) groups is 1. The molecule has 1 unspecified atom stereocenters. The van der Waals surface area contributed by atoms with E-state index in [1.165, 1.54) is 12.1 Å². The lowest BCUT2D eigenvalue weighted by atomic mass is 9.97. The van der Waals surface area contributed by atoms with Gasteiger partial charge in [-0.05, 0) is 30.2 Å². The standard InChI is InChI=1S/C17H15N3O3S/c18-11-12-5-1-4-8-16(12)24(22,23)19-10-9-14-13-6-2-3-7-15(13)20-17(14)21/h1-8,14,19H,9-10H2,(H,20,21). The van der Waals surface area contributed by atoms with Crippen LogP contribution >= 0.6 is 0 Å². The van der Waals surface area contributed by atoms with Gasteiger partial charge >= 0.3 is 0 Å². The van der Waals surface area contributed by atoms with Crippen molar-refractivity contribution in [1.82, 2.24) is 4.72 Å². The third-order valence-corrected chi connectivity index (χ3v) is 5.45. The predicted molar refractivity (Wildman–Crippen MR) is 88.8 cm³/mol. The van der Waals surface area contributed by atoms with Crippen molar-refractivity contribution < 1.29 is 13.2 Å². The SMILES string of the molecule is N#Cc1ccccc1S(=O)(=O)NCCC1C(=O)Nc2ccccc21. The quantitative estimate of drug-likeness (QED) is 0.868. The Bertz CT molecular complexity index is 932. The Morgan fingerprint density at radius 1 is 1.12 bits per heavy atom. The van der Waals surface area contributed by atoms with Gasteiger partial charge in [-0.3, -0.25) is 4.79 Å². The summed E-state index contributed by atoms with van der Waals surface area (Å²) in [5.41, 5.74) is 1.73. The third kappa shape index (κ3) is 3.02. The maximum absolute atomic E-state index is 12.3. The van der Waals surface area contributed by atoms with Crippen molar-refractivity contribution in [3.8, 4) is 6.07 Å². The van der Waals surface area contributed by atoms with Crippen LogP contribution < -0.4 is 10.0 Å². The molecule has 1 aliphatic heterocycles. The smallest absolute Gasteiger partial charge is 0.241 e. The number of carbonyl (C=O) groups excluding carboxylic acids is 1. The number of hydrogen-bond acceptors (Lipinski definition) is 4. The Balaban J connectivity index is 1.71. The highest BCUT2D eigenvalue weighted by molar-refractivity contribution is 7.89. The molecule has 0 saturated heterocycles. The number of nitrogens with zero attached hydrogens (tertiary/aromatic N) is 1. The van der Waals surface area contributed by atoms with E-state index in [1.54, 1.807) is 12.1 Å². The highest BCUT2D eigenvalue weighted by Crippen LogP contribution is 2.34. The summed E-state index contributed by atoms with van der Waals surface area (Å²) in [5.74, 6) is -0.511. The molecule has 0 radical (unpaired) electrons. The molecule has 1 amide bonds. The van der Waals surface area contributed by atoms with Gasteiger partial charge in [0.05, 0.1) is 16.4 Å². The number of benzene rings is 2. The van der Waals surface area contributed by atoms with Gasteiger partial charge in [-0.15, -0.1) is 0 Å². The minimum absolute atomic E-state index is 0.0521. The van der Waals surface area contributed by atoms with Gasteiger partial charge in [0, 0.05) is 12.2 Å². The van der Waals surface area contributed by atoms with Gasteiger partial charge in [-0.1, -0.05) is 30.3 Å². The summed E-state index contributed by atoms with van der Waals surface area (Å²) in [6.45, 7) is 0.106. The van der Waals surface area contributed by atoms with Gasteiger partial charge in [-0.25, -0.2) is 13.1 Å². The zero-order chi connectivity index (χ0) is 17.2. The number of hydrogen-bond donors (Lipinski definition) is 2. The number of amides is 1.